The first-order valence-electron chi connectivity index (χ1n) is 7.79. The van der Waals surface area contributed by atoms with Crippen molar-refractivity contribution in [3.63, 3.8) is 0 Å². The molecular formula is C18H16NO5S-. The Hall–Kier alpha value is -2.67. The summed E-state index contributed by atoms with van der Waals surface area (Å²) in [6, 6.07) is 3.23. The summed E-state index contributed by atoms with van der Waals surface area (Å²) in [4.78, 5) is 28.0. The van der Waals surface area contributed by atoms with Crippen molar-refractivity contribution < 1.29 is 19.1 Å². The fourth-order valence-electron chi connectivity index (χ4n) is 2.45. The van der Waals surface area contributed by atoms with Gasteiger partial charge in [-0.1, -0.05) is 6.92 Å². The van der Waals surface area contributed by atoms with E-state index < -0.39 is 12.1 Å². The number of hydrogen-bond acceptors (Lipinski definition) is 7. The van der Waals surface area contributed by atoms with E-state index >= 15 is 0 Å². The third-order valence-corrected chi connectivity index (χ3v) is 4.82. The van der Waals surface area contributed by atoms with Gasteiger partial charge in [-0.25, -0.2) is 4.98 Å². The SMILES string of the molecule is CCc1cc2c(=O)c(-c3nc(C)cs3)coc2cc1O[C@H](C)C(=O)[O-]. The highest BCUT2D eigenvalue weighted by molar-refractivity contribution is 7.13. The molecule has 0 fully saturated rings. The Bertz CT molecular complexity index is 1000. The number of carbonyl (C=O) groups excluding carboxylic acids is 1. The number of rotatable bonds is 5. The van der Waals surface area contributed by atoms with Gasteiger partial charge in [-0.2, -0.15) is 0 Å². The number of carbonyl (C=O) groups is 1. The highest BCUT2D eigenvalue weighted by Gasteiger charge is 2.16. The Morgan fingerprint density at radius 2 is 2.20 bits per heavy atom. The van der Waals surface area contributed by atoms with Crippen LogP contribution in [-0.2, 0) is 11.2 Å². The molecule has 7 heteroatoms. The average molecular weight is 358 g/mol. The molecule has 0 spiro atoms. The van der Waals surface area contributed by atoms with E-state index in [9.17, 15) is 14.7 Å². The van der Waals surface area contributed by atoms with Gasteiger partial charge in [0, 0.05) is 17.1 Å². The number of aliphatic carboxylic acids is 1. The summed E-state index contributed by atoms with van der Waals surface area (Å²) < 4.78 is 11.0. The van der Waals surface area contributed by atoms with Crippen molar-refractivity contribution in [3.05, 3.63) is 45.3 Å². The third kappa shape index (κ3) is 3.28. The van der Waals surface area contributed by atoms with Gasteiger partial charge in [0.2, 0.25) is 5.43 Å². The minimum atomic E-state index is -1.31. The van der Waals surface area contributed by atoms with Crippen LogP contribution in [0, 0.1) is 6.92 Å². The molecule has 25 heavy (non-hydrogen) atoms. The summed E-state index contributed by atoms with van der Waals surface area (Å²) in [7, 11) is 0. The lowest BCUT2D eigenvalue weighted by molar-refractivity contribution is -0.312. The molecule has 1 atom stereocenters. The maximum Gasteiger partial charge on any atom is 0.202 e. The first-order valence-corrected chi connectivity index (χ1v) is 8.67. The van der Waals surface area contributed by atoms with E-state index in [2.05, 4.69) is 4.98 Å². The van der Waals surface area contributed by atoms with Crippen LogP contribution >= 0.6 is 11.3 Å². The number of carboxylic acid groups (broad SMARTS) is 1. The summed E-state index contributed by atoms with van der Waals surface area (Å²) in [5.41, 5.74) is 2.13. The fourth-order valence-corrected chi connectivity index (χ4v) is 3.25. The van der Waals surface area contributed by atoms with Gasteiger partial charge in [0.05, 0.1) is 16.9 Å². The van der Waals surface area contributed by atoms with Crippen LogP contribution in [0.3, 0.4) is 0 Å². The lowest BCUT2D eigenvalue weighted by Crippen LogP contribution is -2.37. The van der Waals surface area contributed by atoms with Crippen molar-refractivity contribution in [1.29, 1.82) is 0 Å². The fraction of sp³-hybridized carbons (Fsp3) is 0.278. The molecule has 0 amide bonds. The lowest BCUT2D eigenvalue weighted by Gasteiger charge is -2.18. The van der Waals surface area contributed by atoms with Crippen LogP contribution in [0.5, 0.6) is 5.75 Å². The van der Waals surface area contributed by atoms with Gasteiger partial charge < -0.3 is 19.1 Å². The highest BCUT2D eigenvalue weighted by Crippen LogP contribution is 2.29. The number of hydrogen-bond donors (Lipinski definition) is 0. The van der Waals surface area contributed by atoms with Gasteiger partial charge in [-0.15, -0.1) is 11.3 Å². The summed E-state index contributed by atoms with van der Waals surface area (Å²) in [6.45, 7) is 5.15. The first kappa shape index (κ1) is 17.2. The van der Waals surface area contributed by atoms with Gasteiger partial charge in [0.25, 0.3) is 0 Å². The average Bonchev–Trinajstić information content (AvgIpc) is 3.00. The van der Waals surface area contributed by atoms with E-state index in [-0.39, 0.29) is 5.43 Å². The standard InChI is InChI=1S/C18H17NO5S/c1-4-11-5-12-15(6-14(11)24-10(3)18(21)22)23-7-13(16(12)20)17-19-9(2)8-25-17/h5-8,10H,4H2,1-3H3,(H,21,22)/p-1/t10-/m1/s1. The summed E-state index contributed by atoms with van der Waals surface area (Å²) in [6.07, 6.45) is 0.845. The Morgan fingerprint density at radius 3 is 2.80 bits per heavy atom. The third-order valence-electron chi connectivity index (χ3n) is 3.82. The van der Waals surface area contributed by atoms with Crippen LogP contribution < -0.4 is 15.3 Å². The molecular weight excluding hydrogens is 342 g/mol. The van der Waals surface area contributed by atoms with E-state index in [0.717, 1.165) is 11.3 Å². The zero-order chi connectivity index (χ0) is 18.1. The quantitative estimate of drug-likeness (QED) is 0.695. The largest absolute Gasteiger partial charge is 0.546 e. The maximum absolute atomic E-state index is 12.8. The van der Waals surface area contributed by atoms with E-state index in [1.165, 1.54) is 24.5 Å². The van der Waals surface area contributed by atoms with Crippen LogP contribution in [0.4, 0.5) is 0 Å². The molecule has 0 aliphatic carbocycles. The van der Waals surface area contributed by atoms with Crippen LogP contribution in [0.1, 0.15) is 25.1 Å². The number of aryl methyl sites for hydroxylation is 2. The molecule has 2 aromatic heterocycles. The Kier molecular flexibility index (Phi) is 4.59. The first-order chi connectivity index (χ1) is 11.9. The maximum atomic E-state index is 12.8. The number of benzene rings is 1. The molecule has 130 valence electrons. The molecule has 1 aromatic carbocycles. The second kappa shape index (κ2) is 6.68. The van der Waals surface area contributed by atoms with Gasteiger partial charge in [0.15, 0.2) is 0 Å². The molecule has 3 aromatic rings. The topological polar surface area (TPSA) is 92.5 Å². The molecule has 0 aliphatic rings. The number of nitrogens with zero attached hydrogens (tertiary/aromatic N) is 1. The Balaban J connectivity index is 2.13. The van der Waals surface area contributed by atoms with E-state index in [0.29, 0.717) is 33.7 Å². The van der Waals surface area contributed by atoms with E-state index in [1.54, 1.807) is 12.1 Å². The van der Waals surface area contributed by atoms with Crippen LogP contribution in [0.15, 0.2) is 33.0 Å². The molecule has 0 unspecified atom stereocenters. The van der Waals surface area contributed by atoms with Crippen LogP contribution in [-0.4, -0.2) is 17.1 Å². The predicted octanol–water partition coefficient (Wildman–Crippen LogP) is 2.30. The monoisotopic (exact) mass is 358 g/mol. The van der Waals surface area contributed by atoms with Crippen molar-refractivity contribution in [1.82, 2.24) is 4.98 Å². The summed E-state index contributed by atoms with van der Waals surface area (Å²) in [5.74, 6) is -0.939. The van der Waals surface area contributed by atoms with Crippen LogP contribution in [0.2, 0.25) is 0 Å². The minimum absolute atomic E-state index is 0.176. The number of carboxylic acids is 1. The van der Waals surface area contributed by atoms with Crippen LogP contribution in [0.25, 0.3) is 21.5 Å². The molecule has 3 rings (SSSR count). The molecule has 0 saturated carbocycles. The van der Waals surface area contributed by atoms with E-state index in [1.807, 2.05) is 19.2 Å². The van der Waals surface area contributed by atoms with Crippen molar-refractivity contribution >= 4 is 28.3 Å². The number of aromatic nitrogens is 1. The number of ether oxygens (including phenoxy) is 1. The molecule has 6 nitrogen and oxygen atoms in total. The number of thiazole rings is 1. The van der Waals surface area contributed by atoms with Crippen molar-refractivity contribution in [3.8, 4) is 16.3 Å². The zero-order valence-corrected chi connectivity index (χ0v) is 14.8. The van der Waals surface area contributed by atoms with Gasteiger partial charge >= 0.3 is 0 Å². The molecule has 0 aliphatic heterocycles. The van der Waals surface area contributed by atoms with Crippen molar-refractivity contribution in [2.24, 2.45) is 0 Å². The molecule has 2 heterocycles. The smallest absolute Gasteiger partial charge is 0.202 e. The van der Waals surface area contributed by atoms with Gasteiger partial charge in [-0.05, 0) is 31.9 Å². The Morgan fingerprint density at radius 1 is 1.44 bits per heavy atom. The normalized spacial score (nSPS) is 12.3. The summed E-state index contributed by atoms with van der Waals surface area (Å²) >= 11 is 1.38. The second-order valence-corrected chi connectivity index (χ2v) is 6.52. The van der Waals surface area contributed by atoms with Crippen molar-refractivity contribution in [2.75, 3.05) is 0 Å². The Labute approximate surface area is 147 Å². The molecule has 0 radical (unpaired) electrons. The predicted molar refractivity (Wildman–Crippen MR) is 92.8 cm³/mol. The summed E-state index contributed by atoms with van der Waals surface area (Å²) in [5, 5.41) is 13.8. The molecule has 0 N–H and O–H groups in total. The van der Waals surface area contributed by atoms with Gasteiger partial charge in [-0.3, -0.25) is 4.79 Å². The zero-order valence-electron chi connectivity index (χ0n) is 14.0. The second-order valence-electron chi connectivity index (χ2n) is 5.66. The van der Waals surface area contributed by atoms with Gasteiger partial charge in [0.1, 0.15) is 28.7 Å². The minimum Gasteiger partial charge on any atom is -0.546 e. The lowest BCUT2D eigenvalue weighted by atomic mass is 10.1. The highest BCUT2D eigenvalue weighted by atomic mass is 32.1. The molecule has 0 saturated heterocycles. The number of fused-ring (bicyclic) bond motifs is 1. The van der Waals surface area contributed by atoms with Crippen molar-refractivity contribution in [2.45, 2.75) is 33.3 Å². The molecule has 0 bridgehead atoms. The van der Waals surface area contributed by atoms with E-state index in [4.69, 9.17) is 9.15 Å².